The Labute approximate surface area is 219 Å². The lowest BCUT2D eigenvalue weighted by molar-refractivity contribution is 0.470. The summed E-state index contributed by atoms with van der Waals surface area (Å²) < 4.78 is 31.4. The first kappa shape index (κ1) is 26.9. The summed E-state index contributed by atoms with van der Waals surface area (Å²) in [5.74, 6) is -1.87. The van der Waals surface area contributed by atoms with Gasteiger partial charge in [0.25, 0.3) is 0 Å². The number of hydrogen-bond donors (Lipinski definition) is 3. The van der Waals surface area contributed by atoms with Gasteiger partial charge >= 0.3 is 5.69 Å². The largest absolute Gasteiger partial charge is 0.507 e. The van der Waals surface area contributed by atoms with Crippen LogP contribution in [0, 0.1) is 11.6 Å². The normalized spacial score (nSPS) is 17.1. The summed E-state index contributed by atoms with van der Waals surface area (Å²) in [6.07, 6.45) is 5.93. The van der Waals surface area contributed by atoms with Crippen LogP contribution >= 0.6 is 0 Å². The van der Waals surface area contributed by atoms with Crippen LogP contribution in [-0.2, 0) is 0 Å². The number of phenolic OH excluding ortho intramolecular Hbond substituents is 1. The molecular formula is C27H31F2N7O2. The predicted molar refractivity (Wildman–Crippen MR) is 146 cm³/mol. The predicted octanol–water partition coefficient (Wildman–Crippen LogP) is 3.77. The number of anilines is 1. The summed E-state index contributed by atoms with van der Waals surface area (Å²) >= 11 is 0. The van der Waals surface area contributed by atoms with Gasteiger partial charge < -0.3 is 21.1 Å². The Morgan fingerprint density at radius 3 is 2.79 bits per heavy atom. The zero-order chi connectivity index (χ0) is 27.4. The van der Waals surface area contributed by atoms with Crippen molar-refractivity contribution < 1.29 is 13.9 Å². The lowest BCUT2D eigenvalue weighted by Gasteiger charge is -2.35. The van der Waals surface area contributed by atoms with Gasteiger partial charge in [0.1, 0.15) is 23.1 Å². The second-order valence-electron chi connectivity index (χ2n) is 9.22. The fourth-order valence-corrected chi connectivity index (χ4v) is 4.35. The second kappa shape index (κ2) is 11.5. The van der Waals surface area contributed by atoms with Crippen LogP contribution < -0.4 is 21.6 Å². The molecular weight excluding hydrogens is 492 g/mol. The molecule has 0 spiro atoms. The number of allylic oxidation sites excluding steroid dienone is 3. The van der Waals surface area contributed by atoms with E-state index >= 15 is 4.39 Å². The van der Waals surface area contributed by atoms with E-state index in [1.54, 1.807) is 13.0 Å². The molecule has 0 bridgehead atoms. The SMILES string of the molecule is CCCC(=C\n1c(=O)nc(N2CCNC[C@@H]2C)c2cc(F)c(-c3c(O)cccc3F)nc21)/N=C/C=C(/C)N. The number of aromatic nitrogens is 3. The zero-order valence-corrected chi connectivity index (χ0v) is 21.6. The van der Waals surface area contributed by atoms with Crippen molar-refractivity contribution in [3.8, 4) is 17.0 Å². The van der Waals surface area contributed by atoms with E-state index in [9.17, 15) is 14.3 Å². The molecule has 1 atom stereocenters. The maximum atomic E-state index is 15.5. The molecule has 9 nitrogen and oxygen atoms in total. The first-order valence-electron chi connectivity index (χ1n) is 12.5. The van der Waals surface area contributed by atoms with Gasteiger partial charge in [0, 0.05) is 43.8 Å². The molecule has 0 aliphatic carbocycles. The molecule has 38 heavy (non-hydrogen) atoms. The Bertz CT molecular complexity index is 1470. The van der Waals surface area contributed by atoms with Crippen molar-refractivity contribution in [2.45, 2.75) is 39.7 Å². The minimum Gasteiger partial charge on any atom is -0.507 e. The highest BCUT2D eigenvalue weighted by atomic mass is 19.1. The van der Waals surface area contributed by atoms with Crippen LogP contribution in [0.15, 0.2) is 51.5 Å². The van der Waals surface area contributed by atoms with Crippen LogP contribution in [0.5, 0.6) is 5.75 Å². The van der Waals surface area contributed by atoms with Gasteiger partial charge in [0.15, 0.2) is 11.5 Å². The highest BCUT2D eigenvalue weighted by Gasteiger charge is 2.26. The molecule has 1 aliphatic heterocycles. The van der Waals surface area contributed by atoms with Crippen LogP contribution in [0.3, 0.4) is 0 Å². The third-order valence-corrected chi connectivity index (χ3v) is 6.20. The topological polar surface area (TPSA) is 122 Å². The number of nitrogens with one attached hydrogen (secondary N) is 1. The summed E-state index contributed by atoms with van der Waals surface area (Å²) in [7, 11) is 0. The molecule has 200 valence electrons. The van der Waals surface area contributed by atoms with Gasteiger partial charge in [-0.05, 0) is 44.5 Å². The van der Waals surface area contributed by atoms with Crippen molar-refractivity contribution in [2.75, 3.05) is 24.5 Å². The quantitative estimate of drug-likeness (QED) is 0.403. The average Bonchev–Trinajstić information content (AvgIpc) is 2.86. The van der Waals surface area contributed by atoms with Crippen molar-refractivity contribution in [1.82, 2.24) is 19.9 Å². The molecule has 11 heteroatoms. The molecule has 1 saturated heterocycles. The van der Waals surface area contributed by atoms with Gasteiger partial charge in [-0.25, -0.2) is 23.1 Å². The molecule has 1 aliphatic rings. The number of phenols is 1. The second-order valence-corrected chi connectivity index (χ2v) is 9.22. The summed E-state index contributed by atoms with van der Waals surface area (Å²) in [5.41, 5.74) is 5.42. The van der Waals surface area contributed by atoms with Crippen LogP contribution in [-0.4, -0.2) is 51.5 Å². The Hall–Kier alpha value is -4.12. The number of rotatable bonds is 7. The van der Waals surface area contributed by atoms with Crippen molar-refractivity contribution >= 4 is 29.3 Å². The van der Waals surface area contributed by atoms with E-state index in [0.717, 1.165) is 12.5 Å². The van der Waals surface area contributed by atoms with E-state index < -0.39 is 28.8 Å². The van der Waals surface area contributed by atoms with E-state index in [1.807, 2.05) is 18.7 Å². The van der Waals surface area contributed by atoms with E-state index in [0.29, 0.717) is 43.3 Å². The fourth-order valence-electron chi connectivity index (χ4n) is 4.35. The molecule has 4 N–H and O–H groups in total. The maximum absolute atomic E-state index is 15.5. The summed E-state index contributed by atoms with van der Waals surface area (Å²) in [5, 5.41) is 13.9. The third-order valence-electron chi connectivity index (χ3n) is 6.20. The van der Waals surface area contributed by atoms with Crippen molar-refractivity contribution in [3.05, 3.63) is 63.9 Å². The number of piperazine rings is 1. The molecule has 4 rings (SSSR count). The van der Waals surface area contributed by atoms with E-state index in [-0.39, 0.29) is 22.6 Å². The molecule has 2 aromatic heterocycles. The molecule has 3 heterocycles. The summed E-state index contributed by atoms with van der Waals surface area (Å²) in [6.45, 7) is 7.54. The van der Waals surface area contributed by atoms with Crippen LogP contribution in [0.2, 0.25) is 0 Å². The Morgan fingerprint density at radius 1 is 1.32 bits per heavy atom. The molecule has 0 saturated carbocycles. The van der Waals surface area contributed by atoms with Crippen LogP contribution in [0.1, 0.15) is 33.6 Å². The minimum atomic E-state index is -0.853. The van der Waals surface area contributed by atoms with Gasteiger partial charge in [-0.1, -0.05) is 19.4 Å². The van der Waals surface area contributed by atoms with Gasteiger partial charge in [-0.15, -0.1) is 0 Å². The molecule has 1 fully saturated rings. The molecule has 1 aromatic carbocycles. The number of pyridine rings is 1. The number of benzene rings is 1. The van der Waals surface area contributed by atoms with Gasteiger partial charge in [0.05, 0.1) is 16.6 Å². The number of halogens is 2. The molecule has 0 radical (unpaired) electrons. The standard InChI is InChI=1S/C27H31F2N7O2/c1-4-6-18(32-10-9-16(2)30)15-36-25-19(26(34-27(36)38)35-12-11-31-14-17(35)3)13-21(29)24(33-25)23-20(28)7-5-8-22(23)37/h5,7-10,13,15,17,31,37H,4,6,11-12,14,30H2,1-3H3/b16-9-,18-15+,32-10+/t17-/m0/s1. The first-order chi connectivity index (χ1) is 18.2. The molecule has 0 unspecified atom stereocenters. The number of aliphatic imine (C=N–C) groups is 1. The number of nitrogens with zero attached hydrogens (tertiary/aromatic N) is 5. The number of hydrogen-bond acceptors (Lipinski definition) is 8. The zero-order valence-electron chi connectivity index (χ0n) is 21.6. The molecule has 0 amide bonds. The summed E-state index contributed by atoms with van der Waals surface area (Å²) in [4.78, 5) is 28.5. The first-order valence-corrected chi connectivity index (χ1v) is 12.5. The monoisotopic (exact) mass is 523 g/mol. The number of fused-ring (bicyclic) bond motifs is 1. The van der Waals surface area contributed by atoms with Crippen molar-refractivity contribution in [2.24, 2.45) is 10.7 Å². The van der Waals surface area contributed by atoms with Crippen LogP contribution in [0.25, 0.3) is 28.5 Å². The van der Waals surface area contributed by atoms with E-state index in [4.69, 9.17) is 5.73 Å². The Balaban J connectivity index is 2.03. The minimum absolute atomic E-state index is 0.0184. The lowest BCUT2D eigenvalue weighted by atomic mass is 10.1. The van der Waals surface area contributed by atoms with Gasteiger partial charge in [-0.3, -0.25) is 4.99 Å². The van der Waals surface area contributed by atoms with E-state index in [2.05, 4.69) is 20.3 Å². The highest BCUT2D eigenvalue weighted by molar-refractivity contribution is 5.91. The number of aromatic hydroxyl groups is 1. The van der Waals surface area contributed by atoms with Gasteiger partial charge in [-0.2, -0.15) is 4.98 Å². The van der Waals surface area contributed by atoms with Gasteiger partial charge in [0.2, 0.25) is 0 Å². The summed E-state index contributed by atoms with van der Waals surface area (Å²) in [6, 6.07) is 4.84. The van der Waals surface area contributed by atoms with Crippen LogP contribution in [0.4, 0.5) is 14.6 Å². The molecule has 3 aromatic rings. The highest BCUT2D eigenvalue weighted by Crippen LogP contribution is 2.35. The van der Waals surface area contributed by atoms with Crippen molar-refractivity contribution in [1.29, 1.82) is 0 Å². The third kappa shape index (κ3) is 5.57. The Morgan fingerprint density at radius 2 is 2.11 bits per heavy atom. The smallest absolute Gasteiger partial charge is 0.355 e. The van der Waals surface area contributed by atoms with Crippen molar-refractivity contribution in [3.63, 3.8) is 0 Å². The Kier molecular flexibility index (Phi) is 8.16. The average molecular weight is 524 g/mol. The van der Waals surface area contributed by atoms with E-state index in [1.165, 1.54) is 35.2 Å². The number of nitrogens with two attached hydrogens (primary N) is 1. The lowest BCUT2D eigenvalue weighted by Crippen LogP contribution is -2.50. The fraction of sp³-hybridized carbons (Fsp3) is 0.333. The maximum Gasteiger partial charge on any atom is 0.355 e.